The Labute approximate surface area is 229 Å². The summed E-state index contributed by atoms with van der Waals surface area (Å²) in [5.74, 6) is -2.31. The van der Waals surface area contributed by atoms with Crippen LogP contribution in [-0.4, -0.2) is 52.7 Å². The van der Waals surface area contributed by atoms with Gasteiger partial charge in [-0.05, 0) is 71.2 Å². The van der Waals surface area contributed by atoms with Crippen LogP contribution in [0.4, 0.5) is 0 Å². The lowest BCUT2D eigenvalue weighted by Crippen LogP contribution is -2.36. The number of fused-ring (bicyclic) bond motifs is 1. The van der Waals surface area contributed by atoms with E-state index >= 15 is 0 Å². The monoisotopic (exact) mass is 529 g/mol. The molecule has 0 spiro atoms. The Morgan fingerprint density at radius 2 is 1.46 bits per heavy atom. The molecule has 1 heterocycles. The van der Waals surface area contributed by atoms with Crippen LogP contribution in [0.25, 0.3) is 11.1 Å². The SMILES string of the molecule is COc1ccc(-c2ccc(CC[C@H](O)[C@@H](CCN3C(=O)c4ccc(C(C)(C)C)cc4C3=O)C(=O)O)cc2)cc1. The number of hydrogen-bond donors (Lipinski definition) is 2. The van der Waals surface area contributed by atoms with Crippen molar-refractivity contribution < 1.29 is 29.3 Å². The van der Waals surface area contributed by atoms with Gasteiger partial charge in [-0.3, -0.25) is 19.3 Å². The first-order valence-corrected chi connectivity index (χ1v) is 13.1. The Balaban J connectivity index is 1.36. The Morgan fingerprint density at radius 3 is 2.03 bits per heavy atom. The highest BCUT2D eigenvalue weighted by atomic mass is 16.5. The van der Waals surface area contributed by atoms with E-state index in [9.17, 15) is 24.6 Å². The zero-order chi connectivity index (χ0) is 28.3. The fourth-order valence-corrected chi connectivity index (χ4v) is 4.87. The van der Waals surface area contributed by atoms with E-state index in [-0.39, 0.29) is 24.8 Å². The van der Waals surface area contributed by atoms with Crippen LogP contribution in [0.1, 0.15) is 65.5 Å². The molecule has 3 aromatic carbocycles. The highest BCUT2D eigenvalue weighted by Crippen LogP contribution is 2.30. The third-order valence-corrected chi connectivity index (χ3v) is 7.39. The quantitative estimate of drug-likeness (QED) is 0.344. The van der Waals surface area contributed by atoms with Gasteiger partial charge in [-0.1, -0.05) is 63.2 Å². The number of aliphatic hydroxyl groups excluding tert-OH is 1. The summed E-state index contributed by atoms with van der Waals surface area (Å²) in [4.78, 5) is 39.0. The zero-order valence-electron chi connectivity index (χ0n) is 22.8. The first-order valence-electron chi connectivity index (χ1n) is 13.1. The van der Waals surface area contributed by atoms with Crippen LogP contribution in [0.15, 0.2) is 66.7 Å². The van der Waals surface area contributed by atoms with Gasteiger partial charge in [0.2, 0.25) is 0 Å². The van der Waals surface area contributed by atoms with Crippen LogP contribution in [0.2, 0.25) is 0 Å². The predicted octanol–water partition coefficient (Wildman–Crippen LogP) is 5.34. The van der Waals surface area contributed by atoms with Crippen LogP contribution < -0.4 is 4.74 Å². The molecule has 3 aromatic rings. The second kappa shape index (κ2) is 11.4. The van der Waals surface area contributed by atoms with E-state index in [1.165, 1.54) is 0 Å². The van der Waals surface area contributed by atoms with Crippen molar-refractivity contribution in [2.24, 2.45) is 5.92 Å². The third kappa shape index (κ3) is 6.20. The highest BCUT2D eigenvalue weighted by Gasteiger charge is 2.37. The number of carboxylic acid groups (broad SMARTS) is 1. The number of aliphatic carboxylic acids is 1. The molecule has 7 heteroatoms. The number of benzene rings is 3. The van der Waals surface area contributed by atoms with Crippen molar-refractivity contribution in [3.05, 3.63) is 89.0 Å². The van der Waals surface area contributed by atoms with Crippen molar-refractivity contribution in [2.75, 3.05) is 13.7 Å². The molecule has 4 rings (SSSR count). The zero-order valence-corrected chi connectivity index (χ0v) is 22.8. The summed E-state index contributed by atoms with van der Waals surface area (Å²) in [6.07, 6.45) is -0.400. The summed E-state index contributed by atoms with van der Waals surface area (Å²) < 4.78 is 5.20. The molecule has 39 heavy (non-hydrogen) atoms. The molecule has 2 atom stereocenters. The Kier molecular flexibility index (Phi) is 8.21. The molecule has 0 radical (unpaired) electrons. The number of imide groups is 1. The molecule has 204 valence electrons. The second-order valence-corrected chi connectivity index (χ2v) is 11.0. The molecule has 0 saturated carbocycles. The summed E-state index contributed by atoms with van der Waals surface area (Å²) in [6, 6.07) is 20.9. The van der Waals surface area contributed by atoms with E-state index in [2.05, 4.69) is 0 Å². The van der Waals surface area contributed by atoms with Crippen molar-refractivity contribution >= 4 is 17.8 Å². The van der Waals surface area contributed by atoms with Crippen molar-refractivity contribution in [2.45, 2.75) is 51.6 Å². The van der Waals surface area contributed by atoms with Gasteiger partial charge in [-0.25, -0.2) is 0 Å². The predicted molar refractivity (Wildman–Crippen MR) is 149 cm³/mol. The largest absolute Gasteiger partial charge is 0.497 e. The maximum absolute atomic E-state index is 13.0. The number of carbonyl (C=O) groups is 3. The number of methoxy groups -OCH3 is 1. The molecule has 0 fully saturated rings. The molecule has 0 unspecified atom stereocenters. The summed E-state index contributed by atoms with van der Waals surface area (Å²) in [7, 11) is 1.62. The molecule has 2 amide bonds. The lowest BCUT2D eigenvalue weighted by atomic mass is 9.85. The standard InChI is InChI=1S/C32H35NO6/c1-32(2,3)23-12-15-25-27(19-23)30(36)33(29(25)35)18-17-26(31(37)38)28(34)16-7-20-5-8-21(9-6-20)22-10-13-24(39-4)14-11-22/h5-6,8-15,19,26,28,34H,7,16-18H2,1-4H3,(H,37,38)/t26-,28+/m1/s1. The van der Waals surface area contributed by atoms with Gasteiger partial charge in [0, 0.05) is 6.54 Å². The average Bonchev–Trinajstić information content (AvgIpc) is 3.16. The van der Waals surface area contributed by atoms with E-state index in [0.717, 1.165) is 32.9 Å². The summed E-state index contributed by atoms with van der Waals surface area (Å²) in [5.41, 5.74) is 4.51. The van der Waals surface area contributed by atoms with Crippen molar-refractivity contribution in [1.82, 2.24) is 4.90 Å². The van der Waals surface area contributed by atoms with Crippen molar-refractivity contribution in [3.63, 3.8) is 0 Å². The van der Waals surface area contributed by atoms with E-state index in [0.29, 0.717) is 17.5 Å². The van der Waals surface area contributed by atoms with Crippen LogP contribution in [0, 0.1) is 5.92 Å². The molecule has 0 bridgehead atoms. The Hall–Kier alpha value is -3.97. The fraction of sp³-hybridized carbons (Fsp3) is 0.344. The molecule has 0 aliphatic carbocycles. The van der Waals surface area contributed by atoms with E-state index < -0.39 is 29.8 Å². The number of ether oxygens (including phenoxy) is 1. The minimum atomic E-state index is -1.15. The van der Waals surface area contributed by atoms with Gasteiger partial charge in [0.25, 0.3) is 11.8 Å². The third-order valence-electron chi connectivity index (χ3n) is 7.39. The number of rotatable bonds is 10. The van der Waals surface area contributed by atoms with Gasteiger partial charge >= 0.3 is 5.97 Å². The van der Waals surface area contributed by atoms with Crippen LogP contribution >= 0.6 is 0 Å². The lowest BCUT2D eigenvalue weighted by molar-refractivity contribution is -0.146. The summed E-state index contributed by atoms with van der Waals surface area (Å²) >= 11 is 0. The van der Waals surface area contributed by atoms with Gasteiger partial charge in [0.1, 0.15) is 5.75 Å². The second-order valence-electron chi connectivity index (χ2n) is 11.0. The Morgan fingerprint density at radius 1 is 0.872 bits per heavy atom. The number of nitrogens with zero attached hydrogens (tertiary/aromatic N) is 1. The summed E-state index contributed by atoms with van der Waals surface area (Å²) in [5, 5.41) is 20.5. The number of aryl methyl sites for hydroxylation is 1. The highest BCUT2D eigenvalue weighted by molar-refractivity contribution is 6.21. The first kappa shape index (κ1) is 28.0. The number of aliphatic hydroxyl groups is 1. The molecular formula is C32H35NO6. The van der Waals surface area contributed by atoms with E-state index in [1.54, 1.807) is 19.2 Å². The first-order chi connectivity index (χ1) is 18.5. The minimum absolute atomic E-state index is 0.0233. The minimum Gasteiger partial charge on any atom is -0.497 e. The molecular weight excluding hydrogens is 494 g/mol. The molecule has 1 aliphatic heterocycles. The van der Waals surface area contributed by atoms with Gasteiger partial charge < -0.3 is 14.9 Å². The molecule has 0 saturated heterocycles. The average molecular weight is 530 g/mol. The van der Waals surface area contributed by atoms with Crippen molar-refractivity contribution in [1.29, 1.82) is 0 Å². The van der Waals surface area contributed by atoms with Gasteiger partial charge in [-0.15, -0.1) is 0 Å². The number of amides is 2. The van der Waals surface area contributed by atoms with E-state index in [4.69, 9.17) is 4.74 Å². The Bertz CT molecular complexity index is 1350. The van der Waals surface area contributed by atoms with Gasteiger partial charge in [-0.2, -0.15) is 0 Å². The van der Waals surface area contributed by atoms with Gasteiger partial charge in [0.15, 0.2) is 0 Å². The topological polar surface area (TPSA) is 104 Å². The van der Waals surface area contributed by atoms with Crippen molar-refractivity contribution in [3.8, 4) is 16.9 Å². The van der Waals surface area contributed by atoms with Crippen LogP contribution in [0.5, 0.6) is 5.75 Å². The maximum Gasteiger partial charge on any atom is 0.309 e. The lowest BCUT2D eigenvalue weighted by Gasteiger charge is -2.22. The molecule has 2 N–H and O–H groups in total. The summed E-state index contributed by atoms with van der Waals surface area (Å²) in [6.45, 7) is 6.02. The van der Waals surface area contributed by atoms with E-state index in [1.807, 2.05) is 75.4 Å². The number of hydrogen-bond acceptors (Lipinski definition) is 5. The molecule has 1 aliphatic rings. The molecule has 7 nitrogen and oxygen atoms in total. The van der Waals surface area contributed by atoms with Crippen LogP contribution in [-0.2, 0) is 16.6 Å². The smallest absolute Gasteiger partial charge is 0.309 e. The fourth-order valence-electron chi connectivity index (χ4n) is 4.87. The number of carbonyl (C=O) groups excluding carboxylic acids is 2. The number of carboxylic acids is 1. The van der Waals surface area contributed by atoms with Gasteiger partial charge in [0.05, 0.1) is 30.3 Å². The normalized spacial score (nSPS) is 14.7. The molecule has 0 aromatic heterocycles. The van der Waals surface area contributed by atoms with Crippen LogP contribution in [0.3, 0.4) is 0 Å². The maximum atomic E-state index is 13.0.